The van der Waals surface area contributed by atoms with E-state index in [1.807, 2.05) is 5.57 Å². The molecule has 0 unspecified atom stereocenters. The molecule has 4 rings (SSSR count). The van der Waals surface area contributed by atoms with E-state index in [9.17, 15) is 5.11 Å². The minimum absolute atomic E-state index is 0.0455. The highest BCUT2D eigenvalue weighted by Crippen LogP contribution is 2.64. The lowest BCUT2D eigenvalue weighted by Crippen LogP contribution is -2.44. The van der Waals surface area contributed by atoms with Crippen LogP contribution in [-0.4, -0.2) is 11.2 Å². The third-order valence-electron chi connectivity index (χ3n) is 9.61. The quantitative estimate of drug-likeness (QED) is 0.521. The Kier molecular flexibility index (Phi) is 5.62. The number of aliphatic hydroxyl groups excluding tert-OH is 1. The van der Waals surface area contributed by atoms with Gasteiger partial charge in [0.15, 0.2) is 0 Å². The zero-order valence-electron chi connectivity index (χ0n) is 19.2. The molecule has 158 valence electrons. The number of rotatable bonds is 5. The molecule has 1 fully saturated rings. The van der Waals surface area contributed by atoms with Gasteiger partial charge in [-0.1, -0.05) is 65.5 Å². The number of fused-ring (bicyclic) bond motifs is 4. The molecule has 1 saturated carbocycles. The first kappa shape index (κ1) is 20.7. The Bertz CT molecular complexity index is 655. The van der Waals surface area contributed by atoms with Gasteiger partial charge in [-0.15, -0.1) is 0 Å². The highest BCUT2D eigenvalue weighted by atomic mass is 16.3. The lowest BCUT2D eigenvalue weighted by molar-refractivity contribution is 0.0225. The van der Waals surface area contributed by atoms with Gasteiger partial charge >= 0.3 is 0 Å². The van der Waals surface area contributed by atoms with E-state index in [2.05, 4.69) is 40.7 Å². The van der Waals surface area contributed by atoms with Crippen LogP contribution in [0.15, 0.2) is 22.8 Å². The molecule has 4 aliphatic rings. The van der Waals surface area contributed by atoms with Gasteiger partial charge in [0.1, 0.15) is 0 Å². The van der Waals surface area contributed by atoms with Crippen LogP contribution in [0.3, 0.4) is 0 Å². The van der Waals surface area contributed by atoms with Crippen molar-refractivity contribution >= 4 is 0 Å². The van der Waals surface area contributed by atoms with Crippen LogP contribution in [0.5, 0.6) is 0 Å². The van der Waals surface area contributed by atoms with Crippen LogP contribution in [0.2, 0.25) is 0 Å². The molecule has 28 heavy (non-hydrogen) atoms. The van der Waals surface area contributed by atoms with Gasteiger partial charge in [-0.25, -0.2) is 0 Å². The van der Waals surface area contributed by atoms with E-state index in [1.54, 1.807) is 11.1 Å². The van der Waals surface area contributed by atoms with Gasteiger partial charge in [-0.05, 0) is 97.0 Å². The number of hydrogen-bond acceptors (Lipinski definition) is 1. The Hall–Kier alpha value is -0.560. The predicted molar refractivity (Wildman–Crippen MR) is 119 cm³/mol. The second kappa shape index (κ2) is 7.60. The fraction of sp³-hybridized carbons (Fsp3) is 0.852. The average molecular weight is 385 g/mol. The van der Waals surface area contributed by atoms with Crippen molar-refractivity contribution in [3.8, 4) is 0 Å². The van der Waals surface area contributed by atoms with Gasteiger partial charge in [-0.3, -0.25) is 0 Å². The van der Waals surface area contributed by atoms with E-state index in [-0.39, 0.29) is 6.10 Å². The van der Waals surface area contributed by atoms with Crippen LogP contribution in [0, 0.1) is 34.5 Å². The summed E-state index contributed by atoms with van der Waals surface area (Å²) in [5, 5.41) is 10.2. The summed E-state index contributed by atoms with van der Waals surface area (Å²) in [4.78, 5) is 0. The molecular formula is C27H44O. The lowest BCUT2D eigenvalue weighted by Gasteiger charge is -2.54. The SMILES string of the molecule is CC(C)CCC[C@@H](C)[C@H]1CC=C2C3=C(CC[C@@]21C)[C@@]1(C)CC[C@H](O)C[C@H]1CC3. The minimum Gasteiger partial charge on any atom is -0.393 e. The predicted octanol–water partition coefficient (Wildman–Crippen LogP) is 7.45. The Morgan fingerprint density at radius 2 is 1.82 bits per heavy atom. The van der Waals surface area contributed by atoms with Crippen molar-refractivity contribution in [1.29, 1.82) is 0 Å². The fourth-order valence-corrected chi connectivity index (χ4v) is 7.78. The van der Waals surface area contributed by atoms with E-state index in [1.165, 1.54) is 57.8 Å². The van der Waals surface area contributed by atoms with E-state index in [4.69, 9.17) is 0 Å². The Balaban J connectivity index is 1.54. The molecule has 4 aliphatic carbocycles. The first-order valence-electron chi connectivity index (χ1n) is 12.4. The van der Waals surface area contributed by atoms with Gasteiger partial charge in [0.25, 0.3) is 0 Å². The summed E-state index contributed by atoms with van der Waals surface area (Å²) in [5.41, 5.74) is 6.15. The molecular weight excluding hydrogens is 340 g/mol. The number of hydrogen-bond donors (Lipinski definition) is 1. The van der Waals surface area contributed by atoms with E-state index < -0.39 is 0 Å². The summed E-state index contributed by atoms with van der Waals surface area (Å²) in [6.45, 7) is 12.4. The van der Waals surface area contributed by atoms with Crippen molar-refractivity contribution in [1.82, 2.24) is 0 Å². The molecule has 0 aromatic carbocycles. The van der Waals surface area contributed by atoms with Crippen LogP contribution in [0.1, 0.15) is 105 Å². The molecule has 0 saturated heterocycles. The third-order valence-corrected chi connectivity index (χ3v) is 9.61. The van der Waals surface area contributed by atoms with Crippen molar-refractivity contribution in [2.24, 2.45) is 34.5 Å². The van der Waals surface area contributed by atoms with Crippen molar-refractivity contribution in [2.75, 3.05) is 0 Å². The van der Waals surface area contributed by atoms with E-state index in [0.717, 1.165) is 30.6 Å². The van der Waals surface area contributed by atoms with Crippen molar-refractivity contribution in [3.05, 3.63) is 22.8 Å². The zero-order chi connectivity index (χ0) is 20.1. The second-order valence-corrected chi connectivity index (χ2v) is 11.7. The van der Waals surface area contributed by atoms with Gasteiger partial charge < -0.3 is 5.11 Å². The maximum absolute atomic E-state index is 10.2. The van der Waals surface area contributed by atoms with Crippen LogP contribution >= 0.6 is 0 Å². The first-order chi connectivity index (χ1) is 13.3. The monoisotopic (exact) mass is 384 g/mol. The second-order valence-electron chi connectivity index (χ2n) is 11.7. The summed E-state index contributed by atoms with van der Waals surface area (Å²) in [6.07, 6.45) is 16.6. The lowest BCUT2D eigenvalue weighted by atomic mass is 9.51. The highest BCUT2D eigenvalue weighted by molar-refractivity contribution is 5.49. The minimum atomic E-state index is -0.0455. The summed E-state index contributed by atoms with van der Waals surface area (Å²) in [7, 11) is 0. The van der Waals surface area contributed by atoms with E-state index >= 15 is 0 Å². The third kappa shape index (κ3) is 3.34. The molecule has 0 spiro atoms. The van der Waals surface area contributed by atoms with Crippen LogP contribution in [-0.2, 0) is 0 Å². The zero-order valence-corrected chi connectivity index (χ0v) is 19.2. The molecule has 0 amide bonds. The average Bonchev–Trinajstić information content (AvgIpc) is 2.99. The summed E-state index contributed by atoms with van der Waals surface area (Å²) in [6, 6.07) is 0. The molecule has 1 nitrogen and oxygen atoms in total. The van der Waals surface area contributed by atoms with Crippen LogP contribution < -0.4 is 0 Å². The first-order valence-corrected chi connectivity index (χ1v) is 12.4. The van der Waals surface area contributed by atoms with Crippen molar-refractivity contribution in [3.63, 3.8) is 0 Å². The fourth-order valence-electron chi connectivity index (χ4n) is 7.78. The topological polar surface area (TPSA) is 20.2 Å². The van der Waals surface area contributed by atoms with Crippen LogP contribution in [0.25, 0.3) is 0 Å². The molecule has 0 aliphatic heterocycles. The molecule has 0 aromatic heterocycles. The van der Waals surface area contributed by atoms with Gasteiger partial charge in [0.2, 0.25) is 0 Å². The molecule has 6 atom stereocenters. The standard InChI is InChI=1S/C27H44O/c1-18(2)7-6-8-19(3)23-11-12-24-22-10-9-20-17-21(28)13-15-26(20,4)25(22)14-16-27(23,24)5/h12,18-21,23,28H,6-11,13-17H2,1-5H3/t19-,20-,21+,23-,26+,27-/m1/s1. The van der Waals surface area contributed by atoms with Crippen molar-refractivity contribution in [2.45, 2.75) is 111 Å². The maximum Gasteiger partial charge on any atom is 0.0543 e. The molecule has 0 radical (unpaired) electrons. The number of aliphatic hydroxyl groups is 1. The molecule has 1 N–H and O–H groups in total. The Morgan fingerprint density at radius 3 is 2.57 bits per heavy atom. The number of allylic oxidation sites excluding steroid dienone is 4. The summed E-state index contributed by atoms with van der Waals surface area (Å²) in [5.74, 6) is 3.25. The summed E-state index contributed by atoms with van der Waals surface area (Å²) >= 11 is 0. The van der Waals surface area contributed by atoms with Gasteiger partial charge in [-0.2, -0.15) is 0 Å². The molecule has 0 heterocycles. The largest absolute Gasteiger partial charge is 0.393 e. The van der Waals surface area contributed by atoms with Gasteiger partial charge in [0.05, 0.1) is 6.10 Å². The molecule has 1 heteroatoms. The van der Waals surface area contributed by atoms with E-state index in [0.29, 0.717) is 16.7 Å². The Labute approximate surface area is 174 Å². The Morgan fingerprint density at radius 1 is 1.04 bits per heavy atom. The van der Waals surface area contributed by atoms with Crippen molar-refractivity contribution < 1.29 is 5.11 Å². The molecule has 0 aromatic rings. The highest BCUT2D eigenvalue weighted by Gasteiger charge is 2.52. The maximum atomic E-state index is 10.2. The smallest absolute Gasteiger partial charge is 0.0543 e. The summed E-state index contributed by atoms with van der Waals surface area (Å²) < 4.78 is 0. The normalized spacial score (nSPS) is 41.4. The van der Waals surface area contributed by atoms with Gasteiger partial charge in [0, 0.05) is 0 Å². The molecule has 0 bridgehead atoms. The van der Waals surface area contributed by atoms with Crippen LogP contribution in [0.4, 0.5) is 0 Å².